The molecule has 1 aromatic heterocycles. The quantitative estimate of drug-likeness (QED) is 0.649. The minimum Gasteiger partial charge on any atom is -0.338 e. The normalized spacial score (nSPS) is 17.1. The molecule has 0 spiro atoms. The van der Waals surface area contributed by atoms with Crippen LogP contribution in [0.3, 0.4) is 0 Å². The van der Waals surface area contributed by atoms with E-state index >= 15 is 0 Å². The summed E-state index contributed by atoms with van der Waals surface area (Å²) in [4.78, 5) is 11.8. The van der Waals surface area contributed by atoms with Gasteiger partial charge in [-0.3, -0.25) is 5.10 Å². The number of carbonyl (C=O) groups is 1. The molecule has 1 saturated heterocycles. The largest absolute Gasteiger partial charge is 0.338 e. The van der Waals surface area contributed by atoms with Gasteiger partial charge in [-0.2, -0.15) is 5.10 Å². The zero-order valence-corrected chi connectivity index (χ0v) is 14.4. The number of sulfonamides is 1. The number of nitrogens with one attached hydrogen (secondary N) is 3. The summed E-state index contributed by atoms with van der Waals surface area (Å²) in [5, 5.41) is 12.6. The molecule has 8 nitrogen and oxygen atoms in total. The highest BCUT2D eigenvalue weighted by Gasteiger charge is 2.25. The Morgan fingerprint density at radius 1 is 1.43 bits per heavy atom. The van der Waals surface area contributed by atoms with Crippen molar-refractivity contribution in [3.05, 3.63) is 17.5 Å². The van der Waals surface area contributed by atoms with E-state index in [1.807, 2.05) is 13.1 Å². The van der Waals surface area contributed by atoms with Crippen LogP contribution in [-0.4, -0.2) is 60.9 Å². The van der Waals surface area contributed by atoms with E-state index in [4.69, 9.17) is 0 Å². The number of H-pyrrole nitrogens is 1. The van der Waals surface area contributed by atoms with Crippen molar-refractivity contribution >= 4 is 16.1 Å². The molecule has 2 amide bonds. The Labute approximate surface area is 137 Å². The number of aromatic nitrogens is 2. The van der Waals surface area contributed by atoms with Crippen LogP contribution in [0, 0.1) is 6.92 Å². The molecule has 1 aliphatic heterocycles. The van der Waals surface area contributed by atoms with E-state index in [0.29, 0.717) is 32.5 Å². The third kappa shape index (κ3) is 5.51. The predicted octanol–water partition coefficient (Wildman–Crippen LogP) is 0.374. The van der Waals surface area contributed by atoms with Crippen molar-refractivity contribution < 1.29 is 13.2 Å². The lowest BCUT2D eigenvalue weighted by Crippen LogP contribution is -2.49. The molecule has 0 saturated carbocycles. The van der Waals surface area contributed by atoms with Crippen LogP contribution < -0.4 is 10.6 Å². The third-order valence-electron chi connectivity index (χ3n) is 4.10. The predicted molar refractivity (Wildman–Crippen MR) is 87.6 cm³/mol. The van der Waals surface area contributed by atoms with Gasteiger partial charge >= 0.3 is 6.03 Å². The first-order valence-electron chi connectivity index (χ1n) is 7.84. The second-order valence-electron chi connectivity index (χ2n) is 5.96. The number of hydrogen-bond acceptors (Lipinski definition) is 4. The van der Waals surface area contributed by atoms with Gasteiger partial charge in [0.2, 0.25) is 10.0 Å². The smallest absolute Gasteiger partial charge is 0.315 e. The molecule has 0 atom stereocenters. The molecule has 3 N–H and O–H groups in total. The fourth-order valence-corrected chi connectivity index (χ4v) is 3.55. The fraction of sp³-hybridized carbons (Fsp3) is 0.714. The van der Waals surface area contributed by atoms with Crippen LogP contribution >= 0.6 is 0 Å². The average Bonchev–Trinajstić information content (AvgIpc) is 2.89. The van der Waals surface area contributed by atoms with Crippen LogP contribution in [0.5, 0.6) is 0 Å². The van der Waals surface area contributed by atoms with Crippen molar-refractivity contribution in [3.63, 3.8) is 0 Å². The van der Waals surface area contributed by atoms with E-state index < -0.39 is 10.0 Å². The number of aromatic amines is 1. The van der Waals surface area contributed by atoms with Gasteiger partial charge in [0.25, 0.3) is 0 Å². The van der Waals surface area contributed by atoms with Gasteiger partial charge in [0.1, 0.15) is 0 Å². The highest BCUT2D eigenvalue weighted by atomic mass is 32.2. The summed E-state index contributed by atoms with van der Waals surface area (Å²) in [6, 6.07) is -0.157. The van der Waals surface area contributed by atoms with Crippen LogP contribution in [0.2, 0.25) is 0 Å². The van der Waals surface area contributed by atoms with Gasteiger partial charge in [-0.15, -0.1) is 0 Å². The maximum absolute atomic E-state index is 11.8. The minimum atomic E-state index is -3.12. The van der Waals surface area contributed by atoms with Gasteiger partial charge in [-0.1, -0.05) is 0 Å². The molecular formula is C14H25N5O3S. The summed E-state index contributed by atoms with van der Waals surface area (Å²) in [5.74, 6) is 0. The molecule has 23 heavy (non-hydrogen) atoms. The first-order valence-corrected chi connectivity index (χ1v) is 9.69. The second kappa shape index (κ2) is 7.78. The minimum absolute atomic E-state index is 0.0316. The molecule has 130 valence electrons. The summed E-state index contributed by atoms with van der Waals surface area (Å²) in [7, 11) is -3.12. The summed E-state index contributed by atoms with van der Waals surface area (Å²) in [6.45, 7) is 3.50. The Bertz CT molecular complexity index is 620. The van der Waals surface area contributed by atoms with Crippen LogP contribution in [-0.2, 0) is 16.4 Å². The number of rotatable bonds is 6. The van der Waals surface area contributed by atoms with E-state index in [0.717, 1.165) is 18.5 Å². The summed E-state index contributed by atoms with van der Waals surface area (Å²) in [6.07, 6.45) is 6.04. The number of carbonyl (C=O) groups excluding carboxylic acids is 1. The van der Waals surface area contributed by atoms with Crippen molar-refractivity contribution in [3.8, 4) is 0 Å². The van der Waals surface area contributed by atoms with Crippen molar-refractivity contribution in [2.75, 3.05) is 25.9 Å². The standard InChI is InChI=1S/C14H25N5O3S/c1-11-12(10-16-18-11)4-3-7-15-14(20)17-13-5-8-19(9-6-13)23(2,21)22/h10,13H,3-9H2,1-2H3,(H,16,18)(H2,15,17,20). The molecule has 1 aromatic rings. The zero-order valence-electron chi connectivity index (χ0n) is 13.6. The Morgan fingerprint density at radius 3 is 2.70 bits per heavy atom. The lowest BCUT2D eigenvalue weighted by atomic mass is 10.1. The highest BCUT2D eigenvalue weighted by molar-refractivity contribution is 7.88. The Kier molecular flexibility index (Phi) is 6.00. The third-order valence-corrected chi connectivity index (χ3v) is 5.40. The molecule has 1 aliphatic rings. The molecule has 0 unspecified atom stereocenters. The molecule has 2 rings (SSSR count). The van der Waals surface area contributed by atoms with E-state index in [2.05, 4.69) is 20.8 Å². The van der Waals surface area contributed by atoms with Crippen LogP contribution in [0.1, 0.15) is 30.5 Å². The summed E-state index contributed by atoms with van der Waals surface area (Å²) >= 11 is 0. The number of hydrogen-bond donors (Lipinski definition) is 3. The lowest BCUT2D eigenvalue weighted by Gasteiger charge is -2.30. The number of amides is 2. The monoisotopic (exact) mass is 343 g/mol. The van der Waals surface area contributed by atoms with E-state index in [1.165, 1.54) is 16.1 Å². The maximum Gasteiger partial charge on any atom is 0.315 e. The summed E-state index contributed by atoms with van der Waals surface area (Å²) in [5.41, 5.74) is 2.23. The first kappa shape index (κ1) is 17.7. The Morgan fingerprint density at radius 2 is 2.13 bits per heavy atom. The topological polar surface area (TPSA) is 107 Å². The fourth-order valence-electron chi connectivity index (χ4n) is 2.68. The summed E-state index contributed by atoms with van der Waals surface area (Å²) < 4.78 is 24.3. The average molecular weight is 343 g/mol. The van der Waals surface area contributed by atoms with Crippen LogP contribution in [0.25, 0.3) is 0 Å². The van der Waals surface area contributed by atoms with Crippen molar-refractivity contribution in [2.45, 2.75) is 38.6 Å². The highest BCUT2D eigenvalue weighted by Crippen LogP contribution is 2.13. The van der Waals surface area contributed by atoms with E-state index in [1.54, 1.807) is 0 Å². The molecular weight excluding hydrogens is 318 g/mol. The number of aryl methyl sites for hydroxylation is 2. The van der Waals surface area contributed by atoms with Crippen molar-refractivity contribution in [1.82, 2.24) is 25.1 Å². The molecule has 9 heteroatoms. The lowest BCUT2D eigenvalue weighted by molar-refractivity contribution is 0.227. The Balaban J connectivity index is 1.61. The van der Waals surface area contributed by atoms with Gasteiger partial charge in [-0.05, 0) is 38.2 Å². The van der Waals surface area contributed by atoms with Gasteiger partial charge in [0, 0.05) is 31.4 Å². The molecule has 2 heterocycles. The molecule has 0 aliphatic carbocycles. The maximum atomic E-state index is 11.8. The van der Waals surface area contributed by atoms with Gasteiger partial charge in [-0.25, -0.2) is 17.5 Å². The number of piperidine rings is 1. The number of nitrogens with zero attached hydrogens (tertiary/aromatic N) is 2. The van der Waals surface area contributed by atoms with E-state index in [9.17, 15) is 13.2 Å². The molecule has 1 fully saturated rings. The first-order chi connectivity index (χ1) is 10.9. The van der Waals surface area contributed by atoms with Crippen LogP contribution in [0.15, 0.2) is 6.20 Å². The molecule has 0 aromatic carbocycles. The molecule has 0 radical (unpaired) electrons. The SMILES string of the molecule is Cc1[nH]ncc1CCCNC(=O)NC1CCN(S(C)(=O)=O)CC1. The number of urea groups is 1. The van der Waals surface area contributed by atoms with Crippen LogP contribution in [0.4, 0.5) is 4.79 Å². The molecule has 0 bridgehead atoms. The van der Waals surface area contributed by atoms with Crippen molar-refractivity contribution in [1.29, 1.82) is 0 Å². The van der Waals surface area contributed by atoms with Gasteiger partial charge < -0.3 is 10.6 Å². The second-order valence-corrected chi connectivity index (χ2v) is 7.94. The zero-order chi connectivity index (χ0) is 16.9. The van der Waals surface area contributed by atoms with E-state index in [-0.39, 0.29) is 12.1 Å². The van der Waals surface area contributed by atoms with Gasteiger partial charge in [0.05, 0.1) is 12.5 Å². The van der Waals surface area contributed by atoms with Gasteiger partial charge in [0.15, 0.2) is 0 Å². The Hall–Kier alpha value is -1.61. The van der Waals surface area contributed by atoms with Crippen molar-refractivity contribution in [2.24, 2.45) is 0 Å².